The molecule has 0 aliphatic carbocycles. The Kier molecular flexibility index (Phi) is 3.77. The van der Waals surface area contributed by atoms with Crippen LogP contribution in [-0.2, 0) is 17.2 Å². The minimum absolute atomic E-state index is 0.0826. The number of halogens is 4. The van der Waals surface area contributed by atoms with E-state index in [1.807, 2.05) is 0 Å². The fourth-order valence-electron chi connectivity index (χ4n) is 0.744. The van der Waals surface area contributed by atoms with Crippen LogP contribution in [0.3, 0.4) is 0 Å². The molecule has 0 atom stereocenters. The van der Waals surface area contributed by atoms with Crippen LogP contribution in [0.2, 0.25) is 0 Å². The third-order valence-electron chi connectivity index (χ3n) is 1.23. The van der Waals surface area contributed by atoms with Crippen molar-refractivity contribution >= 4 is 11.6 Å². The van der Waals surface area contributed by atoms with Gasteiger partial charge in [-0.25, -0.2) is 4.98 Å². The van der Waals surface area contributed by atoms with Gasteiger partial charge in [-0.15, -0.1) is 11.6 Å². The summed E-state index contributed by atoms with van der Waals surface area (Å²) in [6, 6.07) is 0. The molecule has 7 heteroatoms. The highest BCUT2D eigenvalue weighted by atomic mass is 35.5. The molecule has 0 amide bonds. The first-order valence-corrected chi connectivity index (χ1v) is 4.19. The van der Waals surface area contributed by atoms with Crippen LogP contribution in [-0.4, -0.2) is 17.8 Å². The monoisotopic (exact) mass is 229 g/mol. The largest absolute Gasteiger partial charge is 0.442 e. The molecule has 1 rings (SSSR count). The number of hydrogen-bond acceptors (Lipinski definition) is 3. The van der Waals surface area contributed by atoms with Gasteiger partial charge in [-0.3, -0.25) is 0 Å². The molecule has 0 saturated carbocycles. The number of aromatic nitrogens is 1. The maximum absolute atomic E-state index is 11.6. The second-order valence-electron chi connectivity index (χ2n) is 2.46. The lowest BCUT2D eigenvalue weighted by Crippen LogP contribution is -2.16. The van der Waals surface area contributed by atoms with E-state index in [1.54, 1.807) is 0 Å². The van der Waals surface area contributed by atoms with Crippen LogP contribution < -0.4 is 0 Å². The second-order valence-corrected chi connectivity index (χ2v) is 2.73. The SMILES string of the molecule is FC(F)(F)COCc1cnc(CCl)o1. The van der Waals surface area contributed by atoms with Gasteiger partial charge >= 0.3 is 6.18 Å². The predicted octanol–water partition coefficient (Wildman–Crippen LogP) is 2.49. The summed E-state index contributed by atoms with van der Waals surface area (Å²) in [5, 5.41) is 0. The Balaban J connectivity index is 2.31. The van der Waals surface area contributed by atoms with Crippen molar-refractivity contribution in [1.29, 1.82) is 0 Å². The van der Waals surface area contributed by atoms with Crippen molar-refractivity contribution in [3.63, 3.8) is 0 Å². The van der Waals surface area contributed by atoms with Crippen molar-refractivity contribution in [2.45, 2.75) is 18.7 Å². The lowest BCUT2D eigenvalue weighted by atomic mass is 10.5. The second kappa shape index (κ2) is 4.65. The Bertz CT molecular complexity index is 287. The topological polar surface area (TPSA) is 35.3 Å². The maximum Gasteiger partial charge on any atom is 0.411 e. The average molecular weight is 230 g/mol. The van der Waals surface area contributed by atoms with Gasteiger partial charge in [0.2, 0.25) is 5.89 Å². The van der Waals surface area contributed by atoms with Crippen LogP contribution in [0.1, 0.15) is 11.7 Å². The molecule has 0 spiro atoms. The average Bonchev–Trinajstić information content (AvgIpc) is 2.50. The Morgan fingerprint density at radius 1 is 1.50 bits per heavy atom. The molecule has 14 heavy (non-hydrogen) atoms. The van der Waals surface area contributed by atoms with Gasteiger partial charge in [0.25, 0.3) is 0 Å². The molecule has 80 valence electrons. The summed E-state index contributed by atoms with van der Waals surface area (Å²) >= 11 is 5.37. The van der Waals surface area contributed by atoms with Gasteiger partial charge < -0.3 is 9.15 Å². The predicted molar refractivity (Wildman–Crippen MR) is 41.8 cm³/mol. The molecule has 1 heterocycles. The third kappa shape index (κ3) is 3.97. The first-order valence-electron chi connectivity index (χ1n) is 3.65. The molecule has 0 N–H and O–H groups in total. The minimum atomic E-state index is -4.32. The van der Waals surface area contributed by atoms with E-state index >= 15 is 0 Å². The van der Waals surface area contributed by atoms with E-state index in [0.29, 0.717) is 0 Å². The van der Waals surface area contributed by atoms with Gasteiger partial charge in [0, 0.05) is 0 Å². The van der Waals surface area contributed by atoms with E-state index in [2.05, 4.69) is 9.72 Å². The normalized spacial score (nSPS) is 12.0. The van der Waals surface area contributed by atoms with Crippen molar-refractivity contribution < 1.29 is 22.3 Å². The molecule has 1 aromatic heterocycles. The van der Waals surface area contributed by atoms with Gasteiger partial charge in [0.05, 0.1) is 12.1 Å². The first-order chi connectivity index (χ1) is 6.51. The summed E-state index contributed by atoms with van der Waals surface area (Å²) in [6.07, 6.45) is -3.04. The standard InChI is InChI=1S/C7H7ClF3NO2/c8-1-6-12-2-5(14-6)3-13-4-7(9,10)11/h2H,1,3-4H2. The Hall–Kier alpha value is -0.750. The molecular weight excluding hydrogens is 223 g/mol. The molecule has 0 saturated heterocycles. The molecule has 0 aliphatic rings. The highest BCUT2D eigenvalue weighted by Gasteiger charge is 2.27. The molecule has 0 bridgehead atoms. The number of hydrogen-bond donors (Lipinski definition) is 0. The van der Waals surface area contributed by atoms with Crippen molar-refractivity contribution in [3.05, 3.63) is 17.8 Å². The summed E-state index contributed by atoms with van der Waals surface area (Å²) in [7, 11) is 0. The number of ether oxygens (including phenoxy) is 1. The van der Waals surface area contributed by atoms with E-state index in [1.165, 1.54) is 6.20 Å². The smallest absolute Gasteiger partial charge is 0.411 e. The molecule has 0 aliphatic heterocycles. The van der Waals surface area contributed by atoms with Crippen LogP contribution >= 0.6 is 11.6 Å². The molecule has 3 nitrogen and oxygen atoms in total. The summed E-state index contributed by atoms with van der Waals surface area (Å²) < 4.78 is 44.2. The lowest BCUT2D eigenvalue weighted by Gasteiger charge is -2.05. The van der Waals surface area contributed by atoms with Crippen LogP contribution in [0.5, 0.6) is 0 Å². The maximum atomic E-state index is 11.6. The molecule has 0 radical (unpaired) electrons. The zero-order chi connectivity index (χ0) is 10.6. The molecule has 1 aromatic rings. The number of alkyl halides is 4. The van der Waals surface area contributed by atoms with Crippen LogP contribution in [0.15, 0.2) is 10.6 Å². The molecular formula is C7H7ClF3NO2. The highest BCUT2D eigenvalue weighted by molar-refractivity contribution is 6.16. The number of oxazole rings is 1. The Morgan fingerprint density at radius 3 is 2.71 bits per heavy atom. The Labute approximate surface area is 82.8 Å². The van der Waals surface area contributed by atoms with Gasteiger partial charge in [-0.1, -0.05) is 0 Å². The summed E-state index contributed by atoms with van der Waals surface area (Å²) in [4.78, 5) is 3.69. The number of nitrogens with zero attached hydrogens (tertiary/aromatic N) is 1. The zero-order valence-corrected chi connectivity index (χ0v) is 7.73. The zero-order valence-electron chi connectivity index (χ0n) is 6.97. The summed E-state index contributed by atoms with van der Waals surface area (Å²) in [5.41, 5.74) is 0. The molecule has 0 aromatic carbocycles. The lowest BCUT2D eigenvalue weighted by molar-refractivity contribution is -0.177. The quantitative estimate of drug-likeness (QED) is 0.744. The molecule has 0 unspecified atom stereocenters. The third-order valence-corrected chi connectivity index (χ3v) is 1.45. The van der Waals surface area contributed by atoms with Crippen molar-refractivity contribution in [1.82, 2.24) is 4.98 Å². The van der Waals surface area contributed by atoms with E-state index < -0.39 is 12.8 Å². The van der Waals surface area contributed by atoms with Crippen LogP contribution in [0, 0.1) is 0 Å². The van der Waals surface area contributed by atoms with Gasteiger partial charge in [-0.05, 0) is 0 Å². The van der Waals surface area contributed by atoms with Gasteiger partial charge in [0.15, 0.2) is 0 Å². The van der Waals surface area contributed by atoms with Gasteiger partial charge in [-0.2, -0.15) is 13.2 Å². The fourth-order valence-corrected chi connectivity index (χ4v) is 0.867. The van der Waals surface area contributed by atoms with Crippen molar-refractivity contribution in [3.8, 4) is 0 Å². The summed E-state index contributed by atoms with van der Waals surface area (Å²) in [6.45, 7) is -1.56. The molecule has 0 fully saturated rings. The van der Waals surface area contributed by atoms with E-state index in [0.717, 1.165) is 0 Å². The fraction of sp³-hybridized carbons (Fsp3) is 0.571. The Morgan fingerprint density at radius 2 is 2.21 bits per heavy atom. The minimum Gasteiger partial charge on any atom is -0.442 e. The van der Waals surface area contributed by atoms with E-state index in [4.69, 9.17) is 16.0 Å². The van der Waals surface area contributed by atoms with Crippen molar-refractivity contribution in [2.24, 2.45) is 0 Å². The van der Waals surface area contributed by atoms with Gasteiger partial charge in [0.1, 0.15) is 19.0 Å². The first kappa shape index (κ1) is 11.3. The van der Waals surface area contributed by atoms with E-state index in [9.17, 15) is 13.2 Å². The summed E-state index contributed by atoms with van der Waals surface area (Å²) in [5.74, 6) is 0.571. The van der Waals surface area contributed by atoms with Crippen LogP contribution in [0.4, 0.5) is 13.2 Å². The van der Waals surface area contributed by atoms with Crippen molar-refractivity contribution in [2.75, 3.05) is 6.61 Å². The number of rotatable bonds is 4. The van der Waals surface area contributed by atoms with E-state index in [-0.39, 0.29) is 24.1 Å². The highest BCUT2D eigenvalue weighted by Crippen LogP contribution is 2.16. The van der Waals surface area contributed by atoms with Crippen LogP contribution in [0.25, 0.3) is 0 Å².